The van der Waals surface area contributed by atoms with Crippen LogP contribution in [0.25, 0.3) is 5.69 Å². The average molecular weight is 319 g/mol. The summed E-state index contributed by atoms with van der Waals surface area (Å²) < 4.78 is 1.85. The van der Waals surface area contributed by atoms with E-state index in [1.165, 1.54) is 0 Å². The average Bonchev–Trinajstić information content (AvgIpc) is 3.01. The topological polar surface area (TPSA) is 42.7 Å². The van der Waals surface area contributed by atoms with Crippen LogP contribution in [0.3, 0.4) is 0 Å². The van der Waals surface area contributed by atoms with E-state index in [9.17, 15) is 0 Å². The molecular formula is C15H12Cl2N4. The van der Waals surface area contributed by atoms with E-state index in [1.807, 2.05) is 41.0 Å². The second-order valence-electron chi connectivity index (χ2n) is 4.51. The first-order valence-corrected chi connectivity index (χ1v) is 7.11. The van der Waals surface area contributed by atoms with Gasteiger partial charge in [-0.15, -0.1) is 10.2 Å². The lowest BCUT2D eigenvalue weighted by molar-refractivity contribution is 1.05. The van der Waals surface area contributed by atoms with Gasteiger partial charge in [0.25, 0.3) is 0 Å². The summed E-state index contributed by atoms with van der Waals surface area (Å²) in [7, 11) is 0. The van der Waals surface area contributed by atoms with Crippen LogP contribution >= 0.6 is 23.2 Å². The van der Waals surface area contributed by atoms with Gasteiger partial charge in [0.2, 0.25) is 0 Å². The molecule has 6 heteroatoms. The van der Waals surface area contributed by atoms with Crippen LogP contribution in [-0.2, 0) is 6.54 Å². The van der Waals surface area contributed by atoms with E-state index >= 15 is 0 Å². The molecule has 0 aliphatic heterocycles. The summed E-state index contributed by atoms with van der Waals surface area (Å²) in [6.45, 7) is 0.627. The van der Waals surface area contributed by atoms with E-state index in [4.69, 9.17) is 23.2 Å². The van der Waals surface area contributed by atoms with Crippen LogP contribution in [0.4, 0.5) is 5.69 Å². The van der Waals surface area contributed by atoms with Gasteiger partial charge in [-0.1, -0.05) is 35.3 Å². The zero-order valence-corrected chi connectivity index (χ0v) is 12.5. The number of nitrogens with zero attached hydrogens (tertiary/aromatic N) is 3. The highest BCUT2D eigenvalue weighted by molar-refractivity contribution is 6.35. The normalized spacial score (nSPS) is 10.6. The van der Waals surface area contributed by atoms with E-state index in [-0.39, 0.29) is 0 Å². The summed E-state index contributed by atoms with van der Waals surface area (Å²) in [6.07, 6.45) is 3.32. The number of anilines is 1. The highest BCUT2D eigenvalue weighted by Crippen LogP contribution is 2.22. The van der Waals surface area contributed by atoms with Crippen molar-refractivity contribution in [2.45, 2.75) is 6.54 Å². The lowest BCUT2D eigenvalue weighted by Gasteiger charge is -2.10. The van der Waals surface area contributed by atoms with Crippen LogP contribution in [-0.4, -0.2) is 14.8 Å². The minimum absolute atomic E-state index is 0.627. The van der Waals surface area contributed by atoms with Crippen molar-refractivity contribution in [3.63, 3.8) is 0 Å². The predicted molar refractivity (Wildman–Crippen MR) is 85.1 cm³/mol. The Labute approximate surface area is 132 Å². The van der Waals surface area contributed by atoms with Crippen molar-refractivity contribution < 1.29 is 0 Å². The molecule has 2 aromatic carbocycles. The highest BCUT2D eigenvalue weighted by Gasteiger charge is 2.02. The molecule has 0 atom stereocenters. The van der Waals surface area contributed by atoms with Crippen LogP contribution in [0.1, 0.15) is 5.56 Å². The van der Waals surface area contributed by atoms with Crippen LogP contribution in [0.2, 0.25) is 10.0 Å². The fourth-order valence-electron chi connectivity index (χ4n) is 1.97. The van der Waals surface area contributed by atoms with Crippen molar-refractivity contribution in [1.82, 2.24) is 14.8 Å². The Morgan fingerprint density at radius 1 is 1.00 bits per heavy atom. The number of nitrogens with one attached hydrogen (secondary N) is 1. The Hall–Kier alpha value is -2.04. The fraction of sp³-hybridized carbons (Fsp3) is 0.0667. The third-order valence-corrected chi connectivity index (χ3v) is 3.65. The molecule has 3 aromatic rings. The molecular weight excluding hydrogens is 307 g/mol. The number of hydrogen-bond acceptors (Lipinski definition) is 3. The maximum absolute atomic E-state index is 6.16. The molecule has 0 fully saturated rings. The molecule has 0 aliphatic carbocycles. The van der Waals surface area contributed by atoms with Gasteiger partial charge >= 0.3 is 0 Å². The molecule has 0 radical (unpaired) electrons. The van der Waals surface area contributed by atoms with E-state index < -0.39 is 0 Å². The van der Waals surface area contributed by atoms with Gasteiger partial charge in [-0.05, 0) is 35.9 Å². The monoisotopic (exact) mass is 318 g/mol. The molecule has 0 bridgehead atoms. The zero-order chi connectivity index (χ0) is 14.7. The van der Waals surface area contributed by atoms with Crippen molar-refractivity contribution in [2.24, 2.45) is 0 Å². The van der Waals surface area contributed by atoms with Crippen molar-refractivity contribution in [2.75, 3.05) is 5.32 Å². The van der Waals surface area contributed by atoms with Crippen molar-refractivity contribution in [3.8, 4) is 5.69 Å². The van der Waals surface area contributed by atoms with Gasteiger partial charge in [0, 0.05) is 22.3 Å². The molecule has 4 nitrogen and oxygen atoms in total. The molecule has 0 amide bonds. The van der Waals surface area contributed by atoms with Crippen LogP contribution < -0.4 is 5.32 Å². The molecule has 106 valence electrons. The summed E-state index contributed by atoms with van der Waals surface area (Å²) in [5.74, 6) is 0. The lowest BCUT2D eigenvalue weighted by Crippen LogP contribution is -2.01. The van der Waals surface area contributed by atoms with Gasteiger partial charge in [-0.25, -0.2) is 0 Å². The third kappa shape index (κ3) is 3.35. The molecule has 0 saturated heterocycles. The van der Waals surface area contributed by atoms with E-state index in [1.54, 1.807) is 18.7 Å². The van der Waals surface area contributed by atoms with Gasteiger partial charge in [0.15, 0.2) is 0 Å². The summed E-state index contributed by atoms with van der Waals surface area (Å²) in [5.41, 5.74) is 2.98. The molecule has 0 spiro atoms. The summed E-state index contributed by atoms with van der Waals surface area (Å²) in [5, 5.41) is 12.2. The molecule has 0 saturated carbocycles. The van der Waals surface area contributed by atoms with Gasteiger partial charge in [-0.3, -0.25) is 4.57 Å². The van der Waals surface area contributed by atoms with Gasteiger partial charge < -0.3 is 5.32 Å². The molecule has 21 heavy (non-hydrogen) atoms. The molecule has 1 heterocycles. The van der Waals surface area contributed by atoms with Crippen LogP contribution in [0, 0.1) is 0 Å². The number of rotatable bonds is 4. The maximum Gasteiger partial charge on any atom is 0.123 e. The van der Waals surface area contributed by atoms with E-state index in [0.29, 0.717) is 16.6 Å². The van der Waals surface area contributed by atoms with Crippen molar-refractivity contribution >= 4 is 28.9 Å². The minimum Gasteiger partial charge on any atom is -0.381 e. The molecule has 3 rings (SSSR count). The Morgan fingerprint density at radius 2 is 1.81 bits per heavy atom. The fourth-order valence-corrected chi connectivity index (χ4v) is 2.45. The molecule has 1 aromatic heterocycles. The Balaban J connectivity index is 1.75. The second kappa shape index (κ2) is 6.16. The van der Waals surface area contributed by atoms with Crippen molar-refractivity contribution in [1.29, 1.82) is 0 Å². The molecule has 0 unspecified atom stereocenters. The first kappa shape index (κ1) is 13.9. The van der Waals surface area contributed by atoms with Gasteiger partial charge in [0.05, 0.1) is 5.69 Å². The van der Waals surface area contributed by atoms with E-state index in [0.717, 1.165) is 16.9 Å². The van der Waals surface area contributed by atoms with Crippen LogP contribution in [0.5, 0.6) is 0 Å². The second-order valence-corrected chi connectivity index (χ2v) is 5.35. The minimum atomic E-state index is 0.627. The maximum atomic E-state index is 6.16. The lowest BCUT2D eigenvalue weighted by atomic mass is 10.2. The SMILES string of the molecule is Clc1ccc(CNc2cccc(-n3cnnc3)c2)c(Cl)c1. The highest BCUT2D eigenvalue weighted by atomic mass is 35.5. The predicted octanol–water partition coefficient (Wildman–Crippen LogP) is 4.19. The third-order valence-electron chi connectivity index (χ3n) is 3.06. The first-order valence-electron chi connectivity index (χ1n) is 6.35. The van der Waals surface area contributed by atoms with Crippen molar-refractivity contribution in [3.05, 3.63) is 70.7 Å². The number of hydrogen-bond donors (Lipinski definition) is 1. The van der Waals surface area contributed by atoms with Gasteiger partial charge in [-0.2, -0.15) is 0 Å². The Bertz CT molecular complexity index is 741. The smallest absolute Gasteiger partial charge is 0.123 e. The molecule has 0 aliphatic rings. The first-order chi connectivity index (χ1) is 10.2. The molecule has 1 N–H and O–H groups in total. The Morgan fingerprint density at radius 3 is 2.57 bits per heavy atom. The van der Waals surface area contributed by atoms with E-state index in [2.05, 4.69) is 15.5 Å². The quantitative estimate of drug-likeness (QED) is 0.784. The summed E-state index contributed by atoms with van der Waals surface area (Å²) in [6, 6.07) is 13.5. The summed E-state index contributed by atoms with van der Waals surface area (Å²) >= 11 is 12.1. The zero-order valence-electron chi connectivity index (χ0n) is 11.0. The number of benzene rings is 2. The number of halogens is 2. The van der Waals surface area contributed by atoms with Crippen LogP contribution in [0.15, 0.2) is 55.1 Å². The number of aromatic nitrogens is 3. The largest absolute Gasteiger partial charge is 0.381 e. The van der Waals surface area contributed by atoms with Gasteiger partial charge in [0.1, 0.15) is 12.7 Å². The Kier molecular flexibility index (Phi) is 4.08. The standard InChI is InChI=1S/C15H12Cl2N4/c16-12-5-4-11(15(17)6-12)8-18-13-2-1-3-14(7-13)21-9-19-20-10-21/h1-7,9-10,18H,8H2. The summed E-state index contributed by atoms with van der Waals surface area (Å²) in [4.78, 5) is 0.